The van der Waals surface area contributed by atoms with Gasteiger partial charge in [0.25, 0.3) is 0 Å². The predicted molar refractivity (Wildman–Crippen MR) is 235 cm³/mol. The van der Waals surface area contributed by atoms with Gasteiger partial charge in [-0.25, -0.2) is 28.7 Å². The molecule has 0 bridgehead atoms. The summed E-state index contributed by atoms with van der Waals surface area (Å²) in [6.45, 7) is -0.207. The number of hydrogen-bond acceptors (Lipinski definition) is 12. The average Bonchev–Trinajstić information content (AvgIpc) is 3.29. The van der Waals surface area contributed by atoms with Crippen LogP contribution in [0.5, 0.6) is 23.0 Å². The van der Waals surface area contributed by atoms with Crippen molar-refractivity contribution in [2.24, 2.45) is 11.5 Å². The third-order valence-corrected chi connectivity index (χ3v) is 9.32. The number of carbonyl (C=O) groups is 2. The smallest absolute Gasteiger partial charge is 0.240 e. The van der Waals surface area contributed by atoms with Crippen molar-refractivity contribution in [2.45, 2.75) is 18.6 Å². The number of hydrogen-bond donors (Lipinski definition) is 6. The Hall–Kier alpha value is -8.08. The van der Waals surface area contributed by atoms with Crippen molar-refractivity contribution in [3.63, 3.8) is 0 Å². The Labute approximate surface area is 359 Å². The number of nitrogens with two attached hydrogens (primary N) is 2. The normalized spacial score (nSPS) is 11.8. The molecule has 2 aromatic heterocycles. The van der Waals surface area contributed by atoms with Crippen molar-refractivity contribution in [1.82, 2.24) is 19.9 Å². The van der Waals surface area contributed by atoms with Crippen molar-refractivity contribution < 1.29 is 38.1 Å². The summed E-state index contributed by atoms with van der Waals surface area (Å²) in [4.78, 5) is 41.1. The summed E-state index contributed by atoms with van der Waals surface area (Å²) in [7, 11) is 0. The molecule has 16 heteroatoms. The Morgan fingerprint density at radius 1 is 0.587 bits per heavy atom. The molecule has 8 aromatic rings. The zero-order chi connectivity index (χ0) is 44.3. The summed E-state index contributed by atoms with van der Waals surface area (Å²) >= 11 is 0. The van der Waals surface area contributed by atoms with Crippen LogP contribution in [0.3, 0.4) is 0 Å². The number of para-hydroxylation sites is 2. The van der Waals surface area contributed by atoms with E-state index in [0.29, 0.717) is 40.2 Å². The fourth-order valence-electron chi connectivity index (χ4n) is 6.23. The molecule has 8 rings (SSSR count). The SMILES string of the molecule is NC(=O)C[C@H](Nc1nc(-c2ccc(Oc3ccc(F)cc3)cc2)c2ccccc2n1)C(N)=O.OC[C@@H](O)CNc1nc(-c2ccc(Oc3ccc(F)cc3)cc2)c2ccccc2n1. The minimum atomic E-state index is -1.04. The summed E-state index contributed by atoms with van der Waals surface area (Å²) in [5, 5.41) is 26.0. The number of nitrogens with zero attached hydrogens (tertiary/aromatic N) is 4. The molecule has 0 aliphatic carbocycles. The molecule has 0 saturated carbocycles. The number of aliphatic hydroxyl groups excluding tert-OH is 2. The van der Waals surface area contributed by atoms with Crippen LogP contribution >= 0.6 is 0 Å². The Bertz CT molecular complexity index is 2830. The fourth-order valence-corrected chi connectivity index (χ4v) is 6.23. The predicted octanol–water partition coefficient (Wildman–Crippen LogP) is 7.36. The second-order valence-corrected chi connectivity index (χ2v) is 14.0. The summed E-state index contributed by atoms with van der Waals surface area (Å²) in [6, 6.07) is 40.2. The van der Waals surface area contributed by atoms with E-state index in [9.17, 15) is 23.5 Å². The maximum atomic E-state index is 13.1. The third-order valence-electron chi connectivity index (χ3n) is 9.32. The third kappa shape index (κ3) is 11.4. The van der Waals surface area contributed by atoms with Crippen LogP contribution in [0.4, 0.5) is 20.7 Å². The number of aliphatic hydroxyl groups is 2. The van der Waals surface area contributed by atoms with E-state index in [4.69, 9.17) is 26.0 Å². The van der Waals surface area contributed by atoms with Crippen LogP contribution < -0.4 is 31.6 Å². The van der Waals surface area contributed by atoms with Gasteiger partial charge in [-0.3, -0.25) is 9.59 Å². The molecule has 0 radical (unpaired) electrons. The van der Waals surface area contributed by atoms with Crippen molar-refractivity contribution >= 4 is 45.5 Å². The molecule has 0 saturated heterocycles. The molecule has 0 aliphatic heterocycles. The summed E-state index contributed by atoms with van der Waals surface area (Å²) < 4.78 is 37.6. The van der Waals surface area contributed by atoms with Crippen molar-refractivity contribution in [3.05, 3.63) is 157 Å². The number of ether oxygens (including phenoxy) is 2. The topological polar surface area (TPSA) is 221 Å². The van der Waals surface area contributed by atoms with Gasteiger partial charge >= 0.3 is 0 Å². The molecule has 2 atom stereocenters. The number of aromatic nitrogens is 4. The van der Waals surface area contributed by atoms with Crippen molar-refractivity contribution in [3.8, 4) is 45.5 Å². The van der Waals surface area contributed by atoms with E-state index in [-0.39, 0.29) is 37.2 Å². The Morgan fingerprint density at radius 2 is 1.00 bits per heavy atom. The first kappa shape index (κ1) is 43.0. The lowest BCUT2D eigenvalue weighted by Gasteiger charge is -2.15. The average molecular weight is 851 g/mol. The Kier molecular flexibility index (Phi) is 13.6. The van der Waals surface area contributed by atoms with Crippen molar-refractivity contribution in [1.29, 1.82) is 0 Å². The van der Waals surface area contributed by atoms with Crippen LogP contribution in [0.2, 0.25) is 0 Å². The van der Waals surface area contributed by atoms with E-state index in [1.165, 1.54) is 24.3 Å². The highest BCUT2D eigenvalue weighted by Gasteiger charge is 2.20. The number of carbonyl (C=O) groups excluding carboxylic acids is 2. The number of amides is 2. The molecule has 0 aliphatic rings. The fraction of sp³-hybridized carbons (Fsp3) is 0.106. The lowest BCUT2D eigenvalue weighted by atomic mass is 10.1. The molecule has 318 valence electrons. The zero-order valence-corrected chi connectivity index (χ0v) is 33.4. The number of fused-ring (bicyclic) bond motifs is 2. The summed E-state index contributed by atoms with van der Waals surface area (Å²) in [6.07, 6.45) is -1.18. The van der Waals surface area contributed by atoms with Crippen molar-refractivity contribution in [2.75, 3.05) is 23.8 Å². The van der Waals surface area contributed by atoms with Crippen LogP contribution in [-0.4, -0.2) is 67.3 Å². The molecule has 14 nitrogen and oxygen atoms in total. The van der Waals surface area contributed by atoms with Crippen LogP contribution in [0, 0.1) is 11.6 Å². The number of primary amides is 2. The van der Waals surface area contributed by atoms with Gasteiger partial charge in [-0.05, 0) is 109 Å². The number of anilines is 2. The van der Waals surface area contributed by atoms with Gasteiger partial charge in [0.2, 0.25) is 23.7 Å². The van der Waals surface area contributed by atoms with E-state index < -0.39 is 24.0 Å². The molecule has 0 unspecified atom stereocenters. The van der Waals surface area contributed by atoms with E-state index in [1.54, 1.807) is 36.4 Å². The molecule has 8 N–H and O–H groups in total. The molecule has 63 heavy (non-hydrogen) atoms. The minimum Gasteiger partial charge on any atom is -0.457 e. The van der Waals surface area contributed by atoms with Gasteiger partial charge < -0.3 is 41.8 Å². The monoisotopic (exact) mass is 850 g/mol. The first-order valence-corrected chi connectivity index (χ1v) is 19.5. The first-order chi connectivity index (χ1) is 30.5. The summed E-state index contributed by atoms with van der Waals surface area (Å²) in [5.74, 6) is 0.671. The largest absolute Gasteiger partial charge is 0.457 e. The molecule has 2 heterocycles. The summed E-state index contributed by atoms with van der Waals surface area (Å²) in [5.41, 5.74) is 15.0. The second kappa shape index (κ2) is 20.0. The number of rotatable bonds is 15. The van der Waals surface area contributed by atoms with Gasteiger partial charge in [0.05, 0.1) is 41.6 Å². The second-order valence-electron chi connectivity index (χ2n) is 14.0. The highest BCUT2D eigenvalue weighted by atomic mass is 19.1. The van der Waals surface area contributed by atoms with Crippen LogP contribution in [0.1, 0.15) is 6.42 Å². The number of benzene rings is 6. The molecule has 0 spiro atoms. The minimum absolute atomic E-state index is 0.138. The lowest BCUT2D eigenvalue weighted by molar-refractivity contribution is -0.123. The quantitative estimate of drug-likeness (QED) is 0.0596. The standard InChI is InChI=1S/C24H20FN5O3.C23H20FN3O3/c25-15-7-11-17(12-8-15)33-16-9-5-14(6-10-16)22-18-3-1-2-4-19(18)28-24(30-22)29-20(23(27)32)13-21(26)31;24-16-7-11-19(12-8-16)30-18-9-5-15(6-10-18)22-20-3-1-2-4-21(20)26-23(27-22)25-13-17(29)14-28/h1-12,20H,13H2,(H2,26,31)(H2,27,32)(H,28,29,30);1-12,17,28-29H,13-14H2,(H,25,26,27)/t20-;17-/m00/s1. The highest BCUT2D eigenvalue weighted by molar-refractivity contribution is 5.95. The van der Waals surface area contributed by atoms with E-state index in [2.05, 4.69) is 30.6 Å². The van der Waals surface area contributed by atoms with Crippen LogP contribution in [0.15, 0.2) is 146 Å². The van der Waals surface area contributed by atoms with E-state index in [1.807, 2.05) is 84.9 Å². The molecular weight excluding hydrogens is 811 g/mol. The van der Waals surface area contributed by atoms with E-state index >= 15 is 0 Å². The lowest BCUT2D eigenvalue weighted by Crippen LogP contribution is -2.39. The maximum Gasteiger partial charge on any atom is 0.240 e. The first-order valence-electron chi connectivity index (χ1n) is 19.5. The van der Waals surface area contributed by atoms with Crippen LogP contribution in [-0.2, 0) is 9.59 Å². The molecule has 0 fully saturated rings. The van der Waals surface area contributed by atoms with Gasteiger partial charge in [-0.15, -0.1) is 0 Å². The van der Waals surface area contributed by atoms with Gasteiger partial charge in [0, 0.05) is 28.4 Å². The van der Waals surface area contributed by atoms with E-state index in [0.717, 1.165) is 33.1 Å². The molecule has 2 amide bonds. The van der Waals surface area contributed by atoms with Gasteiger partial charge in [0.15, 0.2) is 0 Å². The number of nitrogens with one attached hydrogen (secondary N) is 2. The van der Waals surface area contributed by atoms with Crippen LogP contribution in [0.25, 0.3) is 44.3 Å². The van der Waals surface area contributed by atoms with Gasteiger partial charge in [-0.1, -0.05) is 36.4 Å². The maximum absolute atomic E-state index is 13.1. The Morgan fingerprint density at radius 3 is 1.43 bits per heavy atom. The zero-order valence-electron chi connectivity index (χ0n) is 33.4. The molecule has 6 aromatic carbocycles. The number of halogens is 2. The highest BCUT2D eigenvalue weighted by Crippen LogP contribution is 2.32. The molecular formula is C47H40F2N8O6. The Balaban J connectivity index is 0.000000190. The van der Waals surface area contributed by atoms with Gasteiger partial charge in [-0.2, -0.15) is 0 Å². The van der Waals surface area contributed by atoms with Gasteiger partial charge in [0.1, 0.15) is 40.7 Å².